The molecule has 0 aromatic heterocycles. The Morgan fingerprint density at radius 1 is 1.45 bits per heavy atom. The Hall–Kier alpha value is -0.810. The van der Waals surface area contributed by atoms with Gasteiger partial charge in [-0.15, -0.1) is 0 Å². The van der Waals surface area contributed by atoms with Gasteiger partial charge in [0.2, 0.25) is 5.91 Å². The van der Waals surface area contributed by atoms with Gasteiger partial charge in [0.05, 0.1) is 16.1 Å². The Balaban J connectivity index is 2.59. The maximum atomic E-state index is 12.1. The van der Waals surface area contributed by atoms with E-state index in [1.54, 1.807) is 31.2 Å². The van der Waals surface area contributed by atoms with Crippen molar-refractivity contribution in [2.24, 2.45) is 5.73 Å². The SMILES string of the molecule is COCCCC(N)C(=O)N(C)Cc1cccc(Cl)c1Cl. The summed E-state index contributed by atoms with van der Waals surface area (Å²) in [6.45, 7) is 0.987. The van der Waals surface area contributed by atoms with Crippen molar-refractivity contribution in [3.8, 4) is 0 Å². The van der Waals surface area contributed by atoms with Crippen LogP contribution in [0, 0.1) is 0 Å². The van der Waals surface area contributed by atoms with Crippen LogP contribution in [0.5, 0.6) is 0 Å². The second kappa shape index (κ2) is 8.47. The minimum Gasteiger partial charge on any atom is -0.385 e. The predicted octanol–water partition coefficient (Wildman–Crippen LogP) is 2.71. The summed E-state index contributed by atoms with van der Waals surface area (Å²) < 4.78 is 4.94. The van der Waals surface area contributed by atoms with Crippen LogP contribution in [0.2, 0.25) is 10.0 Å². The molecule has 0 fully saturated rings. The van der Waals surface area contributed by atoms with Crippen LogP contribution >= 0.6 is 23.2 Å². The second-order valence-electron chi connectivity index (χ2n) is 4.65. The van der Waals surface area contributed by atoms with Gasteiger partial charge in [0.15, 0.2) is 0 Å². The topological polar surface area (TPSA) is 55.6 Å². The van der Waals surface area contributed by atoms with Crippen LogP contribution in [0.3, 0.4) is 0 Å². The van der Waals surface area contributed by atoms with Gasteiger partial charge < -0.3 is 15.4 Å². The van der Waals surface area contributed by atoms with E-state index in [2.05, 4.69) is 0 Å². The van der Waals surface area contributed by atoms with Gasteiger partial charge >= 0.3 is 0 Å². The van der Waals surface area contributed by atoms with E-state index in [0.29, 0.717) is 29.6 Å². The molecule has 1 unspecified atom stereocenters. The highest BCUT2D eigenvalue weighted by atomic mass is 35.5. The molecule has 1 rings (SSSR count). The molecule has 1 amide bonds. The maximum Gasteiger partial charge on any atom is 0.239 e. The zero-order valence-corrected chi connectivity index (χ0v) is 13.2. The van der Waals surface area contributed by atoms with Crippen molar-refractivity contribution in [3.05, 3.63) is 33.8 Å². The summed E-state index contributed by atoms with van der Waals surface area (Å²) in [6.07, 6.45) is 1.36. The van der Waals surface area contributed by atoms with Gasteiger partial charge in [0.1, 0.15) is 0 Å². The molecule has 1 aromatic rings. The lowest BCUT2D eigenvalue weighted by Gasteiger charge is -2.22. The van der Waals surface area contributed by atoms with E-state index in [1.165, 1.54) is 0 Å². The first-order valence-corrected chi connectivity index (χ1v) is 7.15. The Morgan fingerprint density at radius 3 is 2.80 bits per heavy atom. The first-order chi connectivity index (χ1) is 9.47. The molecule has 0 aliphatic rings. The zero-order chi connectivity index (χ0) is 15.1. The Bertz CT molecular complexity index is 455. The third-order valence-corrected chi connectivity index (χ3v) is 3.85. The number of ether oxygens (including phenoxy) is 1. The fourth-order valence-electron chi connectivity index (χ4n) is 1.86. The number of methoxy groups -OCH3 is 1. The van der Waals surface area contributed by atoms with Crippen LogP contribution in [0.1, 0.15) is 18.4 Å². The summed E-state index contributed by atoms with van der Waals surface area (Å²) in [5, 5.41) is 0.955. The summed E-state index contributed by atoms with van der Waals surface area (Å²) in [6, 6.07) is 4.84. The number of nitrogens with zero attached hydrogens (tertiary/aromatic N) is 1. The number of benzene rings is 1. The molecule has 0 heterocycles. The van der Waals surface area contributed by atoms with Crippen LogP contribution < -0.4 is 5.73 Å². The van der Waals surface area contributed by atoms with Gasteiger partial charge in [-0.25, -0.2) is 0 Å². The zero-order valence-electron chi connectivity index (χ0n) is 11.7. The van der Waals surface area contributed by atoms with Crippen molar-refractivity contribution in [1.82, 2.24) is 4.90 Å². The van der Waals surface area contributed by atoms with E-state index in [1.807, 2.05) is 6.07 Å². The molecule has 0 bridgehead atoms. The molecular formula is C14H20Cl2N2O2. The lowest BCUT2D eigenvalue weighted by Crippen LogP contribution is -2.41. The summed E-state index contributed by atoms with van der Waals surface area (Å²) in [5.74, 6) is -0.114. The average molecular weight is 319 g/mol. The quantitative estimate of drug-likeness (QED) is 0.786. The standard InChI is InChI=1S/C14H20Cl2N2O2/c1-18(14(19)12(17)7-4-8-20-2)9-10-5-3-6-11(15)13(10)16/h3,5-6,12H,4,7-9,17H2,1-2H3. The average Bonchev–Trinajstić information content (AvgIpc) is 2.43. The number of hydrogen-bond donors (Lipinski definition) is 1. The molecular weight excluding hydrogens is 299 g/mol. The van der Waals surface area contributed by atoms with E-state index in [-0.39, 0.29) is 5.91 Å². The predicted molar refractivity (Wildman–Crippen MR) is 82.0 cm³/mol. The molecule has 0 aliphatic carbocycles. The number of hydrogen-bond acceptors (Lipinski definition) is 3. The third kappa shape index (κ3) is 4.94. The molecule has 4 nitrogen and oxygen atoms in total. The van der Waals surface area contributed by atoms with Crippen molar-refractivity contribution in [2.45, 2.75) is 25.4 Å². The van der Waals surface area contributed by atoms with Crippen molar-refractivity contribution < 1.29 is 9.53 Å². The van der Waals surface area contributed by atoms with Crippen LogP contribution in [0.15, 0.2) is 18.2 Å². The summed E-state index contributed by atoms with van der Waals surface area (Å²) >= 11 is 12.1. The Labute approximate surface area is 129 Å². The molecule has 0 aliphatic heterocycles. The molecule has 1 atom stereocenters. The van der Waals surface area contributed by atoms with Gasteiger partial charge in [-0.3, -0.25) is 4.79 Å². The van der Waals surface area contributed by atoms with Gasteiger partial charge in [-0.2, -0.15) is 0 Å². The fraction of sp³-hybridized carbons (Fsp3) is 0.500. The van der Waals surface area contributed by atoms with E-state index in [0.717, 1.165) is 12.0 Å². The Morgan fingerprint density at radius 2 is 2.15 bits per heavy atom. The van der Waals surface area contributed by atoms with Crippen LogP contribution in [0.4, 0.5) is 0 Å². The summed E-state index contributed by atoms with van der Waals surface area (Å²) in [5.41, 5.74) is 6.68. The number of likely N-dealkylation sites (N-methyl/N-ethyl adjacent to an activating group) is 1. The lowest BCUT2D eigenvalue weighted by molar-refractivity contribution is -0.132. The number of rotatable bonds is 7. The number of nitrogens with two attached hydrogens (primary N) is 1. The maximum absolute atomic E-state index is 12.1. The highest BCUT2D eigenvalue weighted by Gasteiger charge is 2.18. The molecule has 0 saturated heterocycles. The van der Waals surface area contributed by atoms with Gasteiger partial charge in [0, 0.05) is 27.3 Å². The summed E-state index contributed by atoms with van der Waals surface area (Å²) in [4.78, 5) is 13.7. The normalized spacial score (nSPS) is 12.2. The van der Waals surface area contributed by atoms with E-state index < -0.39 is 6.04 Å². The molecule has 0 saturated carbocycles. The van der Waals surface area contributed by atoms with Crippen LogP contribution in [-0.4, -0.2) is 37.6 Å². The second-order valence-corrected chi connectivity index (χ2v) is 5.43. The summed E-state index contributed by atoms with van der Waals surface area (Å²) in [7, 11) is 3.33. The minimum atomic E-state index is -0.520. The molecule has 20 heavy (non-hydrogen) atoms. The monoisotopic (exact) mass is 318 g/mol. The van der Waals surface area contributed by atoms with Crippen molar-refractivity contribution in [3.63, 3.8) is 0 Å². The smallest absolute Gasteiger partial charge is 0.239 e. The number of halogens is 2. The minimum absolute atomic E-state index is 0.114. The highest BCUT2D eigenvalue weighted by molar-refractivity contribution is 6.42. The van der Waals surface area contributed by atoms with Gasteiger partial charge in [-0.05, 0) is 24.5 Å². The molecule has 0 radical (unpaired) electrons. The van der Waals surface area contributed by atoms with E-state index in [4.69, 9.17) is 33.7 Å². The molecule has 1 aromatic carbocycles. The lowest BCUT2D eigenvalue weighted by atomic mass is 10.1. The third-order valence-electron chi connectivity index (χ3n) is 3.00. The first kappa shape index (κ1) is 17.2. The highest BCUT2D eigenvalue weighted by Crippen LogP contribution is 2.26. The molecule has 112 valence electrons. The first-order valence-electron chi connectivity index (χ1n) is 6.39. The van der Waals surface area contributed by atoms with Gasteiger partial charge in [-0.1, -0.05) is 35.3 Å². The molecule has 0 spiro atoms. The molecule has 6 heteroatoms. The van der Waals surface area contributed by atoms with Crippen molar-refractivity contribution in [1.29, 1.82) is 0 Å². The Kier molecular flexibility index (Phi) is 7.30. The van der Waals surface area contributed by atoms with E-state index >= 15 is 0 Å². The number of carbonyl (C=O) groups excluding carboxylic acids is 1. The number of carbonyl (C=O) groups is 1. The van der Waals surface area contributed by atoms with Crippen molar-refractivity contribution in [2.75, 3.05) is 20.8 Å². The van der Waals surface area contributed by atoms with Crippen LogP contribution in [-0.2, 0) is 16.1 Å². The van der Waals surface area contributed by atoms with Gasteiger partial charge in [0.25, 0.3) is 0 Å². The fourth-order valence-corrected chi connectivity index (χ4v) is 2.24. The van der Waals surface area contributed by atoms with E-state index in [9.17, 15) is 4.79 Å². The van der Waals surface area contributed by atoms with Crippen molar-refractivity contribution >= 4 is 29.1 Å². The molecule has 2 N–H and O–H groups in total. The number of amides is 1. The largest absolute Gasteiger partial charge is 0.385 e. The van der Waals surface area contributed by atoms with Crippen LogP contribution in [0.25, 0.3) is 0 Å².